The molecule has 0 saturated carbocycles. The van der Waals surface area contributed by atoms with E-state index in [0.717, 1.165) is 0 Å². The molecule has 120 valence electrons. The van der Waals surface area contributed by atoms with E-state index >= 15 is 0 Å². The van der Waals surface area contributed by atoms with Crippen LogP contribution in [-0.2, 0) is 9.59 Å². The van der Waals surface area contributed by atoms with E-state index in [-0.39, 0.29) is 35.6 Å². The van der Waals surface area contributed by atoms with Crippen LogP contribution >= 0.6 is 0 Å². The molecule has 22 heavy (non-hydrogen) atoms. The predicted molar refractivity (Wildman–Crippen MR) is 83.3 cm³/mol. The molecule has 0 saturated heterocycles. The highest BCUT2D eigenvalue weighted by Gasteiger charge is 2.26. The van der Waals surface area contributed by atoms with Crippen molar-refractivity contribution in [3.05, 3.63) is 39.9 Å². The highest BCUT2D eigenvalue weighted by molar-refractivity contribution is 5.83. The van der Waals surface area contributed by atoms with Crippen LogP contribution < -0.4 is 5.32 Å². The smallest absolute Gasteiger partial charge is 0.274 e. The molecule has 0 heterocycles. The van der Waals surface area contributed by atoms with Gasteiger partial charge in [-0.15, -0.1) is 0 Å². The van der Waals surface area contributed by atoms with Crippen molar-refractivity contribution in [3.8, 4) is 0 Å². The molecular formula is C16H22N2O4. The number of Topliss-reactive ketones (excluding diaryl/α,β-unsaturated/α-hetero) is 1. The minimum absolute atomic E-state index is 0.0426. The lowest BCUT2D eigenvalue weighted by atomic mass is 9.95. The van der Waals surface area contributed by atoms with Gasteiger partial charge in [0.25, 0.3) is 5.69 Å². The number of benzene rings is 1. The molecule has 0 aliphatic rings. The fourth-order valence-electron chi connectivity index (χ4n) is 1.96. The van der Waals surface area contributed by atoms with Crippen molar-refractivity contribution in [2.75, 3.05) is 0 Å². The summed E-state index contributed by atoms with van der Waals surface area (Å²) >= 11 is 0. The summed E-state index contributed by atoms with van der Waals surface area (Å²) in [6.07, 6.45) is 0.0426. The maximum Gasteiger partial charge on any atom is 0.274 e. The van der Waals surface area contributed by atoms with Crippen LogP contribution in [0.4, 0.5) is 5.69 Å². The first-order valence-electron chi connectivity index (χ1n) is 7.30. The summed E-state index contributed by atoms with van der Waals surface area (Å²) in [5.41, 5.74) is 0.267. The predicted octanol–water partition coefficient (Wildman–Crippen LogP) is 3.02. The van der Waals surface area contributed by atoms with E-state index < -0.39 is 11.0 Å². The minimum Gasteiger partial charge on any atom is -0.348 e. The van der Waals surface area contributed by atoms with Gasteiger partial charge in [-0.05, 0) is 0 Å². The van der Waals surface area contributed by atoms with E-state index in [2.05, 4.69) is 5.32 Å². The largest absolute Gasteiger partial charge is 0.348 e. The van der Waals surface area contributed by atoms with Gasteiger partial charge < -0.3 is 5.32 Å². The summed E-state index contributed by atoms with van der Waals surface area (Å²) in [6.45, 7) is 7.00. The molecule has 0 aliphatic heterocycles. The van der Waals surface area contributed by atoms with Gasteiger partial charge in [0.2, 0.25) is 5.91 Å². The number of rotatable bonds is 7. The van der Waals surface area contributed by atoms with Crippen LogP contribution in [0.3, 0.4) is 0 Å². The molecule has 6 heteroatoms. The SMILES string of the molecule is CC(C)C(=O)CC(NC(=O)C(C)C)c1ccccc1[N+](=O)[O-]. The molecule has 0 aliphatic carbocycles. The van der Waals surface area contributed by atoms with Crippen molar-refractivity contribution in [3.63, 3.8) is 0 Å². The van der Waals surface area contributed by atoms with Gasteiger partial charge >= 0.3 is 0 Å². The number of ketones is 1. The summed E-state index contributed by atoms with van der Waals surface area (Å²) in [7, 11) is 0. The Morgan fingerprint density at radius 2 is 1.73 bits per heavy atom. The number of nitro groups is 1. The second-order valence-corrected chi connectivity index (χ2v) is 5.86. The molecule has 6 nitrogen and oxygen atoms in total. The molecule has 0 spiro atoms. The Labute approximate surface area is 130 Å². The van der Waals surface area contributed by atoms with Crippen molar-refractivity contribution in [1.82, 2.24) is 5.32 Å². The number of nitrogens with one attached hydrogen (secondary N) is 1. The van der Waals surface area contributed by atoms with Crippen LogP contribution in [0.2, 0.25) is 0 Å². The van der Waals surface area contributed by atoms with Crippen molar-refractivity contribution in [1.29, 1.82) is 0 Å². The molecule has 0 aromatic heterocycles. The summed E-state index contributed by atoms with van der Waals surface area (Å²) in [6, 6.07) is 5.50. The average molecular weight is 306 g/mol. The summed E-state index contributed by atoms with van der Waals surface area (Å²) < 4.78 is 0. The zero-order valence-corrected chi connectivity index (χ0v) is 13.3. The summed E-state index contributed by atoms with van der Waals surface area (Å²) in [5.74, 6) is -0.743. The molecule has 0 bridgehead atoms. The van der Waals surface area contributed by atoms with Crippen LogP contribution in [0, 0.1) is 22.0 Å². The Hall–Kier alpha value is -2.24. The molecule has 1 atom stereocenters. The third-order valence-electron chi connectivity index (χ3n) is 3.40. The summed E-state index contributed by atoms with van der Waals surface area (Å²) in [5, 5.41) is 13.9. The number of nitro benzene ring substituents is 1. The van der Waals surface area contributed by atoms with Crippen molar-refractivity contribution >= 4 is 17.4 Å². The second-order valence-electron chi connectivity index (χ2n) is 5.86. The number of carbonyl (C=O) groups excluding carboxylic acids is 2. The second kappa shape index (κ2) is 7.68. The monoisotopic (exact) mass is 306 g/mol. The maximum atomic E-state index is 12.0. The van der Waals surface area contributed by atoms with E-state index in [1.165, 1.54) is 6.07 Å². The number of hydrogen-bond donors (Lipinski definition) is 1. The third-order valence-corrected chi connectivity index (χ3v) is 3.40. The quantitative estimate of drug-likeness (QED) is 0.619. The topological polar surface area (TPSA) is 89.3 Å². The molecule has 1 unspecified atom stereocenters. The first-order valence-corrected chi connectivity index (χ1v) is 7.30. The van der Waals surface area contributed by atoms with Crippen LogP contribution in [-0.4, -0.2) is 16.6 Å². The van der Waals surface area contributed by atoms with Gasteiger partial charge in [0, 0.05) is 24.3 Å². The molecular weight excluding hydrogens is 284 g/mol. The van der Waals surface area contributed by atoms with Gasteiger partial charge in [0.05, 0.1) is 16.5 Å². The number of para-hydroxylation sites is 1. The standard InChI is InChI=1S/C16H22N2O4/c1-10(2)15(19)9-13(17-16(20)11(3)4)12-7-5-6-8-14(12)18(21)22/h5-8,10-11,13H,9H2,1-4H3,(H,17,20). The Kier molecular flexibility index (Phi) is 6.22. The lowest BCUT2D eigenvalue weighted by Gasteiger charge is -2.20. The van der Waals surface area contributed by atoms with E-state index in [9.17, 15) is 19.7 Å². The Morgan fingerprint density at radius 3 is 2.23 bits per heavy atom. The molecule has 1 rings (SSSR count). The van der Waals surface area contributed by atoms with Gasteiger partial charge in [-0.2, -0.15) is 0 Å². The maximum absolute atomic E-state index is 12.0. The van der Waals surface area contributed by atoms with Crippen LogP contribution in [0.25, 0.3) is 0 Å². The Morgan fingerprint density at radius 1 is 1.14 bits per heavy atom. The zero-order valence-electron chi connectivity index (χ0n) is 13.3. The zero-order chi connectivity index (χ0) is 16.9. The number of nitrogens with zero attached hydrogens (tertiary/aromatic N) is 1. The van der Waals surface area contributed by atoms with Crippen LogP contribution in [0.15, 0.2) is 24.3 Å². The van der Waals surface area contributed by atoms with Gasteiger partial charge in [-0.1, -0.05) is 45.9 Å². The van der Waals surface area contributed by atoms with Gasteiger partial charge in [0.15, 0.2) is 0 Å². The van der Waals surface area contributed by atoms with Crippen molar-refractivity contribution in [2.24, 2.45) is 11.8 Å². The van der Waals surface area contributed by atoms with Crippen LogP contribution in [0.1, 0.15) is 45.7 Å². The lowest BCUT2D eigenvalue weighted by molar-refractivity contribution is -0.385. The Bertz CT molecular complexity index is 545. The van der Waals surface area contributed by atoms with E-state index in [4.69, 9.17) is 0 Å². The van der Waals surface area contributed by atoms with Crippen LogP contribution in [0.5, 0.6) is 0 Å². The fourth-order valence-corrected chi connectivity index (χ4v) is 1.96. The normalized spacial score (nSPS) is 12.3. The molecule has 1 N–H and O–H groups in total. The number of carbonyl (C=O) groups is 2. The molecule has 1 aromatic rings. The number of amides is 1. The lowest BCUT2D eigenvalue weighted by Crippen LogP contribution is -2.34. The summed E-state index contributed by atoms with van der Waals surface area (Å²) in [4.78, 5) is 34.7. The molecule has 0 fully saturated rings. The highest BCUT2D eigenvalue weighted by atomic mass is 16.6. The first kappa shape index (κ1) is 17.8. The first-order chi connectivity index (χ1) is 10.2. The van der Waals surface area contributed by atoms with Gasteiger partial charge in [0.1, 0.15) is 5.78 Å². The van der Waals surface area contributed by atoms with Gasteiger partial charge in [-0.25, -0.2) is 0 Å². The number of hydrogen-bond acceptors (Lipinski definition) is 4. The third kappa shape index (κ3) is 4.65. The Balaban J connectivity index is 3.17. The van der Waals surface area contributed by atoms with E-state index in [1.807, 2.05) is 0 Å². The molecule has 1 aromatic carbocycles. The minimum atomic E-state index is -0.689. The molecule has 0 radical (unpaired) electrons. The molecule has 1 amide bonds. The van der Waals surface area contributed by atoms with Crippen molar-refractivity contribution in [2.45, 2.75) is 40.2 Å². The fraction of sp³-hybridized carbons (Fsp3) is 0.500. The van der Waals surface area contributed by atoms with Gasteiger partial charge in [-0.3, -0.25) is 19.7 Å². The highest BCUT2D eigenvalue weighted by Crippen LogP contribution is 2.28. The van der Waals surface area contributed by atoms with Crippen molar-refractivity contribution < 1.29 is 14.5 Å². The van der Waals surface area contributed by atoms with E-state index in [1.54, 1.807) is 45.9 Å². The average Bonchev–Trinajstić information content (AvgIpc) is 2.45. The van der Waals surface area contributed by atoms with E-state index in [0.29, 0.717) is 5.56 Å².